The predicted octanol–water partition coefficient (Wildman–Crippen LogP) is 11.2. The zero-order valence-electron chi connectivity index (χ0n) is 77.5. The van der Waals surface area contributed by atoms with Crippen LogP contribution in [0.3, 0.4) is 0 Å². The topological polar surface area (TPSA) is 442 Å². The van der Waals surface area contributed by atoms with Crippen LogP contribution in [0.15, 0.2) is 136 Å². The molecule has 135 heavy (non-hydrogen) atoms. The van der Waals surface area contributed by atoms with Gasteiger partial charge in [-0.25, -0.2) is 78.0 Å². The summed E-state index contributed by atoms with van der Waals surface area (Å²) in [6.45, 7) is 15.0. The average Bonchev–Trinajstić information content (AvgIpc) is 1.63. The molecule has 0 bridgehead atoms. The summed E-state index contributed by atoms with van der Waals surface area (Å²) in [4.78, 5) is 51.0. The first-order valence-corrected chi connectivity index (χ1v) is 52.0. The van der Waals surface area contributed by atoms with Gasteiger partial charge in [0.2, 0.25) is 0 Å². The molecule has 20 rings (SSSR count). The number of fused-ring (bicyclic) bond motifs is 4. The van der Waals surface area contributed by atoms with Crippen LogP contribution in [0.1, 0.15) is 107 Å². The highest BCUT2D eigenvalue weighted by atomic mass is 32.3. The lowest BCUT2D eigenvalue weighted by molar-refractivity contribution is 0.0925. The van der Waals surface area contributed by atoms with Crippen LogP contribution in [0.2, 0.25) is 0 Å². The molecule has 3 atom stereocenters. The molecule has 3 aliphatic heterocycles. The number of aryl methyl sites for hydroxylation is 8. The van der Waals surface area contributed by atoms with Gasteiger partial charge < -0.3 is 47.9 Å². The number of hydrogen-bond acceptors (Lipinski definition) is 32. The second-order valence-electron chi connectivity index (χ2n) is 34.9. The number of rotatable bonds is 28. The van der Waals surface area contributed by atoms with E-state index in [0.29, 0.717) is 102 Å². The lowest BCUT2D eigenvalue weighted by Gasteiger charge is -2.23. The Kier molecular flexibility index (Phi) is 28.4. The highest BCUT2D eigenvalue weighted by Crippen LogP contribution is 2.41. The van der Waals surface area contributed by atoms with E-state index in [1.54, 1.807) is 79.4 Å². The van der Waals surface area contributed by atoms with Crippen molar-refractivity contribution in [1.82, 2.24) is 140 Å². The van der Waals surface area contributed by atoms with Crippen LogP contribution in [0.5, 0.6) is 0 Å². The normalized spacial score (nSPS) is 16.2. The van der Waals surface area contributed by atoms with E-state index in [1.807, 2.05) is 148 Å². The molecule has 4 aliphatic rings. The minimum Gasteiger partial charge on any atom is -0.347 e. The molecule has 47 heteroatoms. The molecule has 16 aromatic heterocycles. The van der Waals surface area contributed by atoms with Crippen molar-refractivity contribution in [2.75, 3.05) is 116 Å². The number of nitrogens with one attached hydrogen (secondary N) is 9. The summed E-state index contributed by atoms with van der Waals surface area (Å²) in [6, 6.07) is 7.57. The van der Waals surface area contributed by atoms with Gasteiger partial charge >= 0.3 is 0 Å². The summed E-state index contributed by atoms with van der Waals surface area (Å²) in [5, 5.41) is 50.4. The van der Waals surface area contributed by atoms with E-state index in [1.165, 1.54) is 98.2 Å². The zero-order chi connectivity index (χ0) is 94.9. The van der Waals surface area contributed by atoms with Gasteiger partial charge in [0.05, 0.1) is 110 Å². The van der Waals surface area contributed by atoms with Crippen LogP contribution < -0.4 is 47.9 Å². The SMILES string of the molecule is Cc1cc(Nc2nc(C(=O)NC3CCCNC3)cn3c(-c4cnn(C)c4)cnc23)sn1.Cc1cc(Nc2nc(C3CCCNC3)cn3c(-c4cnn(C)c4)cnc23)sc1S(=O)(=O)N(C)C.Cc1cc(Nc2nc(CC3CCCNC3)cn3c(-c4cnn(C)c4)cnc23)sc1S(=O)(=O)N(C)C.Cc1cc(Nc2nc(CCNCC3CC3)cn3c(-c4cnn(C)c4)cnc23)sc1S(=O)(=O)N(C)C. The Morgan fingerprint density at radius 2 is 0.852 bits per heavy atom. The Morgan fingerprint density at radius 1 is 0.444 bits per heavy atom. The number of nitrogens with zero attached hydrogens (tertiary/aromatic N) is 24. The number of anilines is 8. The molecule has 4 fully saturated rings. The third-order valence-corrected chi connectivity index (χ3v) is 35.1. The molecule has 712 valence electrons. The van der Waals surface area contributed by atoms with Gasteiger partial charge in [0.15, 0.2) is 45.9 Å². The third kappa shape index (κ3) is 21.4. The first-order chi connectivity index (χ1) is 64.7. The number of thiophene rings is 3. The van der Waals surface area contributed by atoms with Gasteiger partial charge in [0.25, 0.3) is 36.0 Å². The van der Waals surface area contributed by atoms with E-state index < -0.39 is 30.1 Å². The number of carbonyl (C=O) groups excluding carboxylic acids is 1. The fourth-order valence-electron chi connectivity index (χ4n) is 16.3. The highest BCUT2D eigenvalue weighted by molar-refractivity contribution is 7.92. The average molecular weight is 1970 g/mol. The van der Waals surface area contributed by atoms with Crippen molar-refractivity contribution in [3.05, 3.63) is 169 Å². The fraction of sp³-hybridized carbons (Fsp3) is 0.409. The van der Waals surface area contributed by atoms with E-state index in [2.05, 4.69) is 114 Å². The maximum absolute atomic E-state index is 13.1. The second-order valence-corrected chi connectivity index (χ2v) is 45.9. The molecular weight excluding hydrogens is 1860 g/mol. The molecule has 1 aliphatic carbocycles. The quantitative estimate of drug-likeness (QED) is 0.0206. The van der Waals surface area contributed by atoms with E-state index in [-0.39, 0.29) is 17.9 Å². The largest absolute Gasteiger partial charge is 0.347 e. The lowest BCUT2D eigenvalue weighted by Crippen LogP contribution is -2.45. The molecule has 3 saturated heterocycles. The van der Waals surface area contributed by atoms with Gasteiger partial charge in [0.1, 0.15) is 23.3 Å². The molecule has 3 unspecified atom stereocenters. The van der Waals surface area contributed by atoms with Gasteiger partial charge in [-0.1, -0.05) is 0 Å². The predicted molar refractivity (Wildman–Crippen MR) is 527 cm³/mol. The third-order valence-electron chi connectivity index (χ3n) is 23.6. The van der Waals surface area contributed by atoms with Crippen LogP contribution in [0.4, 0.5) is 43.3 Å². The maximum Gasteiger partial charge on any atom is 0.271 e. The van der Waals surface area contributed by atoms with Crippen molar-refractivity contribution >= 4 is 147 Å². The van der Waals surface area contributed by atoms with Crippen molar-refractivity contribution in [2.24, 2.45) is 40.0 Å². The molecule has 1 saturated carbocycles. The molecule has 0 aromatic carbocycles. The van der Waals surface area contributed by atoms with Crippen molar-refractivity contribution in [1.29, 1.82) is 0 Å². The van der Waals surface area contributed by atoms with Crippen LogP contribution in [-0.4, -0.2) is 246 Å². The lowest BCUT2D eigenvalue weighted by atomic mass is 9.95. The molecule has 0 radical (unpaired) electrons. The minimum absolute atomic E-state index is 0.0971. The highest BCUT2D eigenvalue weighted by Gasteiger charge is 2.31. The smallest absolute Gasteiger partial charge is 0.271 e. The first-order valence-electron chi connectivity index (χ1n) is 44.4. The summed E-state index contributed by atoms with van der Waals surface area (Å²) in [5.41, 5.74) is 16.2. The number of hydrogen-bond donors (Lipinski definition) is 9. The summed E-state index contributed by atoms with van der Waals surface area (Å²) >= 11 is 4.95. The number of sulfonamides is 3. The van der Waals surface area contributed by atoms with Crippen molar-refractivity contribution < 1.29 is 30.0 Å². The van der Waals surface area contributed by atoms with Gasteiger partial charge in [-0.3, -0.25) is 41.1 Å². The Morgan fingerprint density at radius 3 is 1.25 bits per heavy atom. The van der Waals surface area contributed by atoms with Crippen LogP contribution in [0, 0.1) is 39.5 Å². The van der Waals surface area contributed by atoms with Crippen molar-refractivity contribution in [3.63, 3.8) is 0 Å². The number of piperidine rings is 3. The van der Waals surface area contributed by atoms with E-state index >= 15 is 0 Å². The molecule has 1 amide bonds. The summed E-state index contributed by atoms with van der Waals surface area (Å²) in [7, 11) is 6.20. The van der Waals surface area contributed by atoms with Gasteiger partial charge in [0, 0.05) is 180 Å². The second kappa shape index (κ2) is 40.3. The van der Waals surface area contributed by atoms with Gasteiger partial charge in [-0.05, 0) is 183 Å². The van der Waals surface area contributed by atoms with Crippen LogP contribution in [-0.2, 0) is 71.1 Å². The van der Waals surface area contributed by atoms with Crippen molar-refractivity contribution in [2.45, 2.75) is 116 Å². The molecule has 19 heterocycles. The maximum atomic E-state index is 13.1. The number of imidazole rings is 4. The van der Waals surface area contributed by atoms with E-state index in [4.69, 9.17) is 15.0 Å². The Hall–Kier alpha value is -11.7. The summed E-state index contributed by atoms with van der Waals surface area (Å²) < 4.78 is 100. The fourth-order valence-corrected chi connectivity index (χ4v) is 25.2. The number of aromatic nitrogens is 21. The summed E-state index contributed by atoms with van der Waals surface area (Å²) in [6.07, 6.45) is 40.9. The summed E-state index contributed by atoms with van der Waals surface area (Å²) in [5.74, 6) is 3.74. The standard InChI is InChI=1S/2C23H30N8O2S2.C22H28N8O2S2.C20H23N9OS/c1-15-9-20(34-23(15)35(32,33)29(2)3)28-21-22-25-12-19(17-11-26-30(4)13-17)31(22)14-18(27-21)7-8-24-10-16-5-6-16;1-15-8-20(34-23(15)35(32,33)29(2)3)28-21-22-25-12-19(17-11-26-30(4)13-17)31(22)14-18(27-21)9-16-6-5-7-24-10-16;1-14-8-19(33-22(14)34(31,32)28(2)3)27-20-21-24-11-18(16-10-25-29(4)12-16)30(21)13-17(26-20)15-6-5-7-23-9-15;1-12-6-17(31-27-12)26-18-19-22-9-16(13-7-23-28(2)10-13)29(19)11-15(25-18)20(30)24-14-4-3-5-21-8-14/h9,11-14,16,24H,5-8,10H2,1-4H3,(H,27,28);8,11-14,16,24H,5-7,9-10H2,1-4H3,(H,27,28);8,10-13,15,23H,5-7,9H2,1-4H3,(H,26,27);6-7,9-11,14,21H,3-5,8H2,1-2H3,(H,24,30)(H,25,26). The molecule has 9 N–H and O–H groups in total. The van der Waals surface area contributed by atoms with Crippen molar-refractivity contribution in [3.8, 4) is 45.0 Å². The molecule has 0 spiro atoms. The van der Waals surface area contributed by atoms with E-state index in [0.717, 1.165) is 170 Å². The molecule has 16 aromatic rings. The molecular formula is C88H111N33O7S7. The van der Waals surface area contributed by atoms with E-state index in [9.17, 15) is 30.0 Å². The molecule has 40 nitrogen and oxygen atoms in total. The number of amides is 1. The zero-order valence-corrected chi connectivity index (χ0v) is 83.2. The van der Waals surface area contributed by atoms with Gasteiger partial charge in [-0.15, -0.1) is 34.0 Å². The Labute approximate surface area is 798 Å². The van der Waals surface area contributed by atoms with Crippen LogP contribution >= 0.6 is 45.5 Å². The van der Waals surface area contributed by atoms with Gasteiger partial charge in [-0.2, -0.15) is 24.8 Å². The number of carbonyl (C=O) groups is 1. The minimum atomic E-state index is -3.52. The first kappa shape index (κ1) is 95.0. The Balaban J connectivity index is 0.000000125. The Bertz CT molecular complexity index is 7320. The monoisotopic (exact) mass is 1970 g/mol. The van der Waals surface area contributed by atoms with Crippen LogP contribution in [0.25, 0.3) is 67.6 Å².